The van der Waals surface area contributed by atoms with Crippen LogP contribution in [0.15, 0.2) is 64.5 Å². The van der Waals surface area contributed by atoms with Crippen molar-refractivity contribution < 1.29 is 23.4 Å². The highest BCUT2D eigenvalue weighted by Gasteiger charge is 2.35. The number of carbonyl (C=O) groups is 1. The Morgan fingerprint density at radius 1 is 1.24 bits per heavy atom. The molecule has 10 heteroatoms. The molecule has 0 fully saturated rings. The van der Waals surface area contributed by atoms with Gasteiger partial charge in [0.2, 0.25) is 5.88 Å². The zero-order chi connectivity index (χ0) is 26.7. The van der Waals surface area contributed by atoms with Gasteiger partial charge in [-0.25, -0.2) is 4.98 Å². The maximum absolute atomic E-state index is 12.5. The van der Waals surface area contributed by atoms with Crippen LogP contribution in [0.5, 0.6) is 5.88 Å². The topological polar surface area (TPSA) is 114 Å². The average molecular weight is 528 g/mol. The van der Waals surface area contributed by atoms with Crippen LogP contribution in [0.4, 0.5) is 0 Å². The maximum atomic E-state index is 12.5. The summed E-state index contributed by atoms with van der Waals surface area (Å²) in [5.74, 6) is -0.529. The zero-order valence-electron chi connectivity index (χ0n) is 21.5. The van der Waals surface area contributed by atoms with Crippen LogP contribution < -0.4 is 10.3 Å². The van der Waals surface area contributed by atoms with Gasteiger partial charge in [-0.15, -0.1) is 10.8 Å². The van der Waals surface area contributed by atoms with E-state index >= 15 is 0 Å². The highest BCUT2D eigenvalue weighted by Crippen LogP contribution is 2.56. The maximum Gasteiger partial charge on any atom is 0.306 e. The molecule has 2 atom stereocenters. The molecule has 37 heavy (non-hydrogen) atoms. The average Bonchev–Trinajstić information content (AvgIpc) is 2.94. The fourth-order valence-corrected chi connectivity index (χ4v) is 6.06. The summed E-state index contributed by atoms with van der Waals surface area (Å²) >= 11 is 0. The van der Waals surface area contributed by atoms with Crippen LogP contribution in [-0.2, 0) is 23.1 Å². The number of nitrogens with zero attached hydrogens (tertiary/aromatic N) is 3. The first-order chi connectivity index (χ1) is 17.6. The lowest BCUT2D eigenvalue weighted by Crippen LogP contribution is -2.33. The lowest BCUT2D eigenvalue weighted by atomic mass is 9.87. The van der Waals surface area contributed by atoms with Crippen LogP contribution in [0.3, 0.4) is 0 Å². The van der Waals surface area contributed by atoms with Crippen LogP contribution in [-0.4, -0.2) is 48.2 Å². The van der Waals surface area contributed by atoms with Gasteiger partial charge in [-0.3, -0.25) is 18.7 Å². The molecular formula is C27H33N3O6S. The summed E-state index contributed by atoms with van der Waals surface area (Å²) in [4.78, 5) is 29.3. The van der Waals surface area contributed by atoms with Crippen molar-refractivity contribution in [1.29, 1.82) is 0 Å². The Morgan fingerprint density at radius 3 is 2.73 bits per heavy atom. The minimum atomic E-state index is -3.36. The molecule has 1 aliphatic rings. The van der Waals surface area contributed by atoms with E-state index in [0.29, 0.717) is 5.56 Å². The lowest BCUT2D eigenvalue weighted by molar-refractivity contribution is -0.143. The summed E-state index contributed by atoms with van der Waals surface area (Å²) in [6, 6.07) is 12.5. The van der Waals surface area contributed by atoms with Crippen LogP contribution in [0.25, 0.3) is 0 Å². The van der Waals surface area contributed by atoms with Crippen molar-refractivity contribution in [2.24, 2.45) is 7.05 Å². The van der Waals surface area contributed by atoms with Crippen molar-refractivity contribution in [2.75, 3.05) is 13.2 Å². The summed E-state index contributed by atoms with van der Waals surface area (Å²) < 4.78 is 36.7. The largest absolute Gasteiger partial charge is 0.472 e. The summed E-state index contributed by atoms with van der Waals surface area (Å²) in [6.07, 6.45) is 3.00. The number of benzene rings is 1. The van der Waals surface area contributed by atoms with E-state index in [1.165, 1.54) is 10.6 Å². The molecule has 198 valence electrons. The molecule has 1 aromatic carbocycles. The number of fused-ring (bicyclic) bond motifs is 1. The van der Waals surface area contributed by atoms with Crippen LogP contribution in [0.1, 0.15) is 48.4 Å². The molecule has 2 aromatic heterocycles. The second-order valence-corrected chi connectivity index (χ2v) is 11.2. The van der Waals surface area contributed by atoms with Gasteiger partial charge in [0.15, 0.2) is 0 Å². The summed E-state index contributed by atoms with van der Waals surface area (Å²) in [7, 11) is -1.69. The van der Waals surface area contributed by atoms with Crippen LogP contribution in [0.2, 0.25) is 0 Å². The molecule has 9 nitrogen and oxygen atoms in total. The molecule has 0 spiro atoms. The van der Waals surface area contributed by atoms with E-state index in [-0.39, 0.29) is 54.5 Å². The molecule has 0 amide bonds. The van der Waals surface area contributed by atoms with E-state index < -0.39 is 16.7 Å². The number of aryl methyl sites for hydroxylation is 2. The normalized spacial score (nSPS) is 18.7. The van der Waals surface area contributed by atoms with E-state index in [4.69, 9.17) is 9.47 Å². The zero-order valence-corrected chi connectivity index (χ0v) is 22.3. The van der Waals surface area contributed by atoms with Gasteiger partial charge in [-0.1, -0.05) is 18.2 Å². The van der Waals surface area contributed by atoms with Gasteiger partial charge in [0.25, 0.3) is 5.56 Å². The highest BCUT2D eigenvalue weighted by molar-refractivity contribution is 8.22. The molecule has 4 rings (SSSR count). The number of esters is 1. The van der Waals surface area contributed by atoms with Crippen molar-refractivity contribution >= 4 is 16.7 Å². The van der Waals surface area contributed by atoms with E-state index in [2.05, 4.69) is 4.98 Å². The summed E-state index contributed by atoms with van der Waals surface area (Å²) in [5, 5.41) is 0. The van der Waals surface area contributed by atoms with Gasteiger partial charge in [0.1, 0.15) is 11.0 Å². The van der Waals surface area contributed by atoms with E-state index in [0.717, 1.165) is 16.7 Å². The minimum absolute atomic E-state index is 0.0757. The van der Waals surface area contributed by atoms with Crippen LogP contribution >= 0.6 is 10.8 Å². The third-order valence-corrected chi connectivity index (χ3v) is 8.39. The Labute approximate surface area is 218 Å². The molecule has 0 aliphatic carbocycles. The molecule has 1 aliphatic heterocycles. The second-order valence-electron chi connectivity index (χ2n) is 9.23. The van der Waals surface area contributed by atoms with Gasteiger partial charge in [0, 0.05) is 38.0 Å². The Bertz CT molecular complexity index is 1340. The number of aromatic nitrogens is 2. The number of pyridine rings is 2. The first kappa shape index (κ1) is 26.9. The molecule has 0 saturated carbocycles. The summed E-state index contributed by atoms with van der Waals surface area (Å²) in [5.41, 5.74) is 3.21. The third kappa shape index (κ3) is 5.88. The van der Waals surface area contributed by atoms with E-state index in [1.807, 2.05) is 38.1 Å². The third-order valence-electron chi connectivity index (χ3n) is 6.49. The fraction of sp³-hybridized carbons (Fsp3) is 0.370. The lowest BCUT2D eigenvalue weighted by Gasteiger charge is -2.41. The van der Waals surface area contributed by atoms with Crippen molar-refractivity contribution in [3.05, 3.63) is 87.5 Å². The Balaban J connectivity index is 1.72. The first-order valence-electron chi connectivity index (χ1n) is 12.2. The number of hydrogen-bond donors (Lipinski definition) is 2. The van der Waals surface area contributed by atoms with Crippen molar-refractivity contribution in [3.8, 4) is 5.88 Å². The predicted octanol–water partition coefficient (Wildman–Crippen LogP) is 4.48. The SMILES string of the molecule is CCOC(=O)CC(c1ccc(C)c(CN2CC(C)Oc3ncccc3S2(O)O)c1)c1ccn(C)c(=O)c1. The molecule has 3 heterocycles. The smallest absolute Gasteiger partial charge is 0.306 e. The molecule has 0 radical (unpaired) electrons. The van der Waals surface area contributed by atoms with Crippen LogP contribution in [0, 0.1) is 6.92 Å². The Kier molecular flexibility index (Phi) is 8.03. The van der Waals surface area contributed by atoms with Crippen molar-refractivity contribution in [3.63, 3.8) is 0 Å². The van der Waals surface area contributed by atoms with Gasteiger partial charge in [-0.2, -0.15) is 4.31 Å². The Hall–Kier alpha value is -3.18. The molecule has 3 aromatic rings. The molecular weight excluding hydrogens is 494 g/mol. The fourth-order valence-electron chi connectivity index (χ4n) is 4.45. The molecule has 0 bridgehead atoms. The van der Waals surface area contributed by atoms with Gasteiger partial charge in [0.05, 0.1) is 19.6 Å². The predicted molar refractivity (Wildman–Crippen MR) is 142 cm³/mol. The molecule has 0 saturated heterocycles. The molecule has 2 N–H and O–H groups in total. The van der Waals surface area contributed by atoms with Gasteiger partial charge in [-0.05, 0) is 61.2 Å². The molecule has 2 unspecified atom stereocenters. The number of rotatable bonds is 7. The standard InChI is InChI=1S/C27H33N3O6S/c1-5-35-26(32)15-23(21-10-12-29(4)25(31)14-21)20-9-8-18(2)22(13-20)17-30-16-19(3)36-27-24(37(30,33)34)7-6-11-28-27/h6-14,19,23,33-34H,5,15-17H2,1-4H3. The number of hydrogen-bond acceptors (Lipinski definition) is 8. The second kappa shape index (κ2) is 11.1. The number of ether oxygens (including phenoxy) is 2. The van der Waals surface area contributed by atoms with E-state index in [9.17, 15) is 18.7 Å². The Morgan fingerprint density at radius 2 is 2.00 bits per heavy atom. The van der Waals surface area contributed by atoms with Gasteiger partial charge >= 0.3 is 5.97 Å². The first-order valence-corrected chi connectivity index (χ1v) is 13.7. The number of carbonyl (C=O) groups excluding carboxylic acids is 1. The monoisotopic (exact) mass is 527 g/mol. The van der Waals surface area contributed by atoms with Gasteiger partial charge < -0.3 is 14.0 Å². The highest BCUT2D eigenvalue weighted by atomic mass is 32.3. The van der Waals surface area contributed by atoms with Crippen molar-refractivity contribution in [1.82, 2.24) is 13.9 Å². The van der Waals surface area contributed by atoms with E-state index in [1.54, 1.807) is 42.8 Å². The van der Waals surface area contributed by atoms with Crippen molar-refractivity contribution in [2.45, 2.75) is 50.7 Å². The minimum Gasteiger partial charge on any atom is -0.472 e. The quantitative estimate of drug-likeness (QED) is 0.432. The summed E-state index contributed by atoms with van der Waals surface area (Å²) in [6.45, 7) is 6.37.